The Bertz CT molecular complexity index is 941. The number of carbonyl (C=O) groups excluding carboxylic acids is 1. The lowest BCUT2D eigenvalue weighted by atomic mass is 10.1. The van der Waals surface area contributed by atoms with Crippen LogP contribution in [0.25, 0.3) is 10.2 Å². The van der Waals surface area contributed by atoms with E-state index in [2.05, 4.69) is 20.6 Å². The fourth-order valence-corrected chi connectivity index (χ4v) is 4.42. The van der Waals surface area contributed by atoms with Crippen LogP contribution in [0.2, 0.25) is 5.28 Å². The summed E-state index contributed by atoms with van der Waals surface area (Å²) in [5.41, 5.74) is 1.90. The lowest BCUT2D eigenvalue weighted by Gasteiger charge is -2.22. The Morgan fingerprint density at radius 2 is 2.35 bits per heavy atom. The summed E-state index contributed by atoms with van der Waals surface area (Å²) in [6.45, 7) is 2.98. The summed E-state index contributed by atoms with van der Waals surface area (Å²) in [6.07, 6.45) is 2.80. The molecule has 0 aliphatic carbocycles. The first-order valence-electron chi connectivity index (χ1n) is 8.25. The van der Waals surface area contributed by atoms with Gasteiger partial charge in [0.15, 0.2) is 0 Å². The third kappa shape index (κ3) is 3.47. The van der Waals surface area contributed by atoms with E-state index in [1.807, 2.05) is 19.1 Å². The number of aryl methyl sites for hydroxylation is 1. The van der Waals surface area contributed by atoms with Gasteiger partial charge in [-0.25, -0.2) is 9.78 Å². The highest BCUT2D eigenvalue weighted by Gasteiger charge is 2.23. The number of fused-ring (bicyclic) bond motifs is 1. The molecule has 0 aromatic carbocycles. The van der Waals surface area contributed by atoms with E-state index in [9.17, 15) is 4.79 Å². The van der Waals surface area contributed by atoms with Crippen molar-refractivity contribution in [2.45, 2.75) is 32.4 Å². The Hall–Kier alpha value is -2.32. The van der Waals surface area contributed by atoms with E-state index in [1.165, 1.54) is 0 Å². The summed E-state index contributed by atoms with van der Waals surface area (Å²) in [7, 11) is 0. The largest absolute Gasteiger partial charge is 0.467 e. The molecule has 0 saturated carbocycles. The smallest absolute Gasteiger partial charge is 0.407 e. The molecule has 1 amide bonds. The van der Waals surface area contributed by atoms with Crippen molar-refractivity contribution in [1.82, 2.24) is 15.3 Å². The maximum absolute atomic E-state index is 11.4. The van der Waals surface area contributed by atoms with Crippen LogP contribution in [0.15, 0.2) is 22.8 Å². The monoisotopic (exact) mass is 392 g/mol. The summed E-state index contributed by atoms with van der Waals surface area (Å²) in [5.74, 6) is 1.50. The first-order valence-corrected chi connectivity index (χ1v) is 9.44. The molecule has 4 heterocycles. The number of hydrogen-bond donors (Lipinski definition) is 2. The number of nitrogens with one attached hydrogen (secondary N) is 2. The zero-order chi connectivity index (χ0) is 18.1. The Balaban J connectivity index is 1.62. The molecule has 2 N–H and O–H groups in total. The van der Waals surface area contributed by atoms with Gasteiger partial charge in [0, 0.05) is 23.8 Å². The van der Waals surface area contributed by atoms with Crippen LogP contribution >= 0.6 is 22.9 Å². The second-order valence-corrected chi connectivity index (χ2v) is 7.52. The minimum Gasteiger partial charge on any atom is -0.467 e. The summed E-state index contributed by atoms with van der Waals surface area (Å²) >= 11 is 7.74. The molecule has 3 aromatic rings. The average molecular weight is 393 g/mol. The average Bonchev–Trinajstić information content (AvgIpc) is 3.23. The predicted octanol–water partition coefficient (Wildman–Crippen LogP) is 3.90. The molecular formula is C17H17ClN4O3S. The molecule has 0 radical (unpaired) electrons. The third-order valence-electron chi connectivity index (χ3n) is 4.30. The molecule has 1 aliphatic heterocycles. The fourth-order valence-electron chi connectivity index (χ4n) is 2.96. The van der Waals surface area contributed by atoms with Gasteiger partial charge in [-0.3, -0.25) is 0 Å². The Morgan fingerprint density at radius 1 is 1.46 bits per heavy atom. The van der Waals surface area contributed by atoms with Crippen molar-refractivity contribution in [3.63, 3.8) is 0 Å². The van der Waals surface area contributed by atoms with E-state index < -0.39 is 0 Å². The van der Waals surface area contributed by atoms with Crippen LogP contribution in [0, 0.1) is 6.92 Å². The van der Waals surface area contributed by atoms with Crippen LogP contribution in [0.1, 0.15) is 22.6 Å². The molecule has 1 fully saturated rings. The molecule has 4 rings (SSSR count). The van der Waals surface area contributed by atoms with E-state index in [0.29, 0.717) is 19.0 Å². The van der Waals surface area contributed by atoms with Gasteiger partial charge in [0.25, 0.3) is 0 Å². The van der Waals surface area contributed by atoms with Gasteiger partial charge in [0.2, 0.25) is 5.28 Å². The van der Waals surface area contributed by atoms with E-state index in [0.717, 1.165) is 39.3 Å². The van der Waals surface area contributed by atoms with Gasteiger partial charge in [0.05, 0.1) is 29.6 Å². The van der Waals surface area contributed by atoms with E-state index in [1.54, 1.807) is 17.6 Å². The molecule has 9 heteroatoms. The molecule has 0 spiro atoms. The Morgan fingerprint density at radius 3 is 3.12 bits per heavy atom. The van der Waals surface area contributed by atoms with Crippen LogP contribution in [-0.4, -0.2) is 28.7 Å². The van der Waals surface area contributed by atoms with Crippen molar-refractivity contribution in [1.29, 1.82) is 0 Å². The van der Waals surface area contributed by atoms with Crippen molar-refractivity contribution < 1.29 is 13.9 Å². The highest BCUT2D eigenvalue weighted by molar-refractivity contribution is 7.19. The zero-order valence-electron chi connectivity index (χ0n) is 14.0. The van der Waals surface area contributed by atoms with E-state index in [-0.39, 0.29) is 17.4 Å². The minimum absolute atomic E-state index is 0.0611. The van der Waals surface area contributed by atoms with Gasteiger partial charge < -0.3 is 19.8 Å². The van der Waals surface area contributed by atoms with Crippen LogP contribution in [0.5, 0.6) is 0 Å². The number of carbonyl (C=O) groups is 1. The second kappa shape index (κ2) is 7.13. The zero-order valence-corrected chi connectivity index (χ0v) is 15.6. The number of anilines is 1. The van der Waals surface area contributed by atoms with Crippen molar-refractivity contribution in [2.24, 2.45) is 0 Å². The maximum atomic E-state index is 11.4. The molecule has 1 saturated heterocycles. The summed E-state index contributed by atoms with van der Waals surface area (Å²) in [6, 6.07) is 3.80. The molecule has 1 aliphatic rings. The van der Waals surface area contributed by atoms with E-state index >= 15 is 0 Å². The van der Waals surface area contributed by atoms with Crippen LogP contribution < -0.4 is 10.6 Å². The van der Waals surface area contributed by atoms with Crippen molar-refractivity contribution in [3.8, 4) is 0 Å². The van der Waals surface area contributed by atoms with Crippen LogP contribution in [-0.2, 0) is 17.7 Å². The number of hydrogen-bond acceptors (Lipinski definition) is 7. The number of rotatable bonds is 5. The lowest BCUT2D eigenvalue weighted by molar-refractivity contribution is 0.115. The number of cyclic esters (lactones) is 1. The molecule has 1 unspecified atom stereocenters. The van der Waals surface area contributed by atoms with E-state index in [4.69, 9.17) is 20.8 Å². The highest BCUT2D eigenvalue weighted by atomic mass is 35.5. The SMILES string of the molecule is Cc1c(CC2CCOC(=O)N2)sc2c(NCc3ccco3)nc(Cl)nc12. The maximum Gasteiger partial charge on any atom is 0.407 e. The predicted molar refractivity (Wildman–Crippen MR) is 99.8 cm³/mol. The standard InChI is InChI=1S/C17H17ClN4O3S/c1-9-12(7-10-4-6-25-17(23)20-10)26-14-13(9)21-16(18)22-15(14)19-8-11-3-2-5-24-11/h2-3,5,10H,4,6-8H2,1H3,(H,20,23)(H,19,21,22). The van der Waals surface area contributed by atoms with Crippen molar-refractivity contribution in [2.75, 3.05) is 11.9 Å². The van der Waals surface area contributed by atoms with Gasteiger partial charge in [-0.1, -0.05) is 0 Å². The number of furan rings is 1. The highest BCUT2D eigenvalue weighted by Crippen LogP contribution is 2.36. The minimum atomic E-state index is -0.358. The van der Waals surface area contributed by atoms with Gasteiger partial charge in [-0.15, -0.1) is 11.3 Å². The van der Waals surface area contributed by atoms with Gasteiger partial charge in [-0.05, 0) is 36.2 Å². The first-order chi connectivity index (χ1) is 12.6. The fraction of sp³-hybridized carbons (Fsp3) is 0.353. The first kappa shape index (κ1) is 17.1. The molecule has 136 valence electrons. The van der Waals surface area contributed by atoms with Crippen LogP contribution in [0.4, 0.5) is 10.6 Å². The number of halogens is 1. The number of nitrogens with zero attached hydrogens (tertiary/aromatic N) is 2. The molecule has 1 atom stereocenters. The summed E-state index contributed by atoms with van der Waals surface area (Å²) in [4.78, 5) is 21.3. The molecule has 0 bridgehead atoms. The van der Waals surface area contributed by atoms with Crippen LogP contribution in [0.3, 0.4) is 0 Å². The topological polar surface area (TPSA) is 89.3 Å². The number of alkyl carbamates (subject to hydrolysis) is 1. The molecular weight excluding hydrogens is 376 g/mol. The second-order valence-electron chi connectivity index (χ2n) is 6.07. The number of amides is 1. The molecule has 7 nitrogen and oxygen atoms in total. The normalized spacial score (nSPS) is 17.2. The lowest BCUT2D eigenvalue weighted by Crippen LogP contribution is -2.42. The Labute approximate surface area is 158 Å². The third-order valence-corrected chi connectivity index (χ3v) is 5.78. The van der Waals surface area contributed by atoms with Gasteiger partial charge >= 0.3 is 6.09 Å². The number of aromatic nitrogens is 2. The Kier molecular flexibility index (Phi) is 4.69. The quantitative estimate of drug-likeness (QED) is 0.640. The molecule has 26 heavy (non-hydrogen) atoms. The van der Waals surface area contributed by atoms with Crippen molar-refractivity contribution in [3.05, 3.63) is 39.9 Å². The molecule has 3 aromatic heterocycles. The van der Waals surface area contributed by atoms with Crippen molar-refractivity contribution >= 4 is 45.1 Å². The number of ether oxygens (including phenoxy) is 1. The van der Waals surface area contributed by atoms with Gasteiger partial charge in [0.1, 0.15) is 11.6 Å². The van der Waals surface area contributed by atoms with Gasteiger partial charge in [-0.2, -0.15) is 4.98 Å². The summed E-state index contributed by atoms with van der Waals surface area (Å²) in [5, 5.41) is 6.34. The number of thiophene rings is 1. The summed E-state index contributed by atoms with van der Waals surface area (Å²) < 4.78 is 11.2.